The van der Waals surface area contributed by atoms with Crippen molar-refractivity contribution in [2.75, 3.05) is 19.8 Å². The van der Waals surface area contributed by atoms with Crippen molar-refractivity contribution >= 4 is 17.7 Å². The van der Waals surface area contributed by atoms with Crippen LogP contribution < -0.4 is 48.0 Å². The summed E-state index contributed by atoms with van der Waals surface area (Å²) < 4.78 is 17.1. The van der Waals surface area contributed by atoms with Crippen LogP contribution in [0, 0.1) is 37.0 Å². The molecule has 0 aromatic heterocycles. The topological polar surface area (TPSA) is 193 Å². The van der Waals surface area contributed by atoms with Crippen LogP contribution in [-0.2, 0) is 0 Å². The Bertz CT molecular complexity index is 1760. The SMILES string of the molecule is C#CCOc1cc(-c2cc(-c3ccc(C(=O)NN)c(OCC#C)c3)cc(-c3ccc(C(=O)NN)c(OCC#C)c3)c2)ccc1C(=O)NN. The molecule has 4 aromatic rings. The van der Waals surface area contributed by atoms with E-state index < -0.39 is 17.7 Å². The van der Waals surface area contributed by atoms with Crippen LogP contribution in [-0.4, -0.2) is 37.5 Å². The molecule has 3 amide bonds. The normalized spacial score (nSPS) is 10.0. The summed E-state index contributed by atoms with van der Waals surface area (Å²) in [5.74, 6) is 22.2. The van der Waals surface area contributed by atoms with E-state index in [1.165, 1.54) is 0 Å². The zero-order valence-electron chi connectivity index (χ0n) is 25.5. The molecule has 0 aliphatic rings. The maximum absolute atomic E-state index is 12.4. The van der Waals surface area contributed by atoms with E-state index in [0.29, 0.717) is 33.4 Å². The number of nitrogens with two attached hydrogens (primary N) is 3. The van der Waals surface area contributed by atoms with Gasteiger partial charge in [-0.1, -0.05) is 36.0 Å². The number of carbonyl (C=O) groups excluding carboxylic acids is 3. The molecule has 0 saturated heterocycles. The molecule has 0 radical (unpaired) electrons. The maximum Gasteiger partial charge on any atom is 0.268 e. The Balaban J connectivity index is 1.97. The van der Waals surface area contributed by atoms with Gasteiger partial charge >= 0.3 is 0 Å². The number of terminal acetylenes is 3. The molecule has 0 aliphatic carbocycles. The summed E-state index contributed by atoms with van der Waals surface area (Å²) >= 11 is 0. The molecule has 0 unspecified atom stereocenters. The number of ether oxygens (including phenoxy) is 3. The van der Waals surface area contributed by atoms with E-state index in [1.54, 1.807) is 54.6 Å². The second-order valence-electron chi connectivity index (χ2n) is 9.83. The lowest BCUT2D eigenvalue weighted by atomic mass is 9.92. The number of rotatable bonds is 12. The Hall–Kier alpha value is -6.75. The number of amides is 3. The van der Waals surface area contributed by atoms with Crippen LogP contribution in [0.2, 0.25) is 0 Å². The first-order valence-corrected chi connectivity index (χ1v) is 14.1. The van der Waals surface area contributed by atoms with E-state index in [1.807, 2.05) is 18.2 Å². The smallest absolute Gasteiger partial charge is 0.268 e. The minimum Gasteiger partial charge on any atom is -0.480 e. The zero-order chi connectivity index (χ0) is 34.6. The van der Waals surface area contributed by atoms with Crippen LogP contribution in [0.3, 0.4) is 0 Å². The van der Waals surface area contributed by atoms with Gasteiger partial charge in [-0.2, -0.15) is 0 Å². The monoisotopic (exact) mass is 642 g/mol. The van der Waals surface area contributed by atoms with Crippen LogP contribution in [0.4, 0.5) is 0 Å². The van der Waals surface area contributed by atoms with E-state index >= 15 is 0 Å². The van der Waals surface area contributed by atoms with Crippen molar-refractivity contribution in [3.05, 3.63) is 89.5 Å². The average Bonchev–Trinajstić information content (AvgIpc) is 3.13. The first kappa shape index (κ1) is 34.1. The molecular weight excluding hydrogens is 612 g/mol. The van der Waals surface area contributed by atoms with Crippen LogP contribution >= 0.6 is 0 Å². The number of benzene rings is 4. The summed E-state index contributed by atoms with van der Waals surface area (Å²) in [4.78, 5) is 37.3. The molecule has 0 atom stereocenters. The Labute approximate surface area is 276 Å². The van der Waals surface area contributed by atoms with Crippen LogP contribution in [0.25, 0.3) is 33.4 Å². The molecule has 240 valence electrons. The quantitative estimate of drug-likeness (QED) is 0.0583. The molecule has 4 rings (SSSR count). The zero-order valence-corrected chi connectivity index (χ0v) is 25.5. The highest BCUT2D eigenvalue weighted by molar-refractivity contribution is 5.99. The van der Waals surface area contributed by atoms with Crippen molar-refractivity contribution in [1.82, 2.24) is 16.3 Å². The summed E-state index contributed by atoms with van der Waals surface area (Å²) in [6, 6.07) is 20.5. The molecule has 48 heavy (non-hydrogen) atoms. The van der Waals surface area contributed by atoms with Gasteiger partial charge in [-0.25, -0.2) is 17.5 Å². The van der Waals surface area contributed by atoms with Crippen molar-refractivity contribution < 1.29 is 28.6 Å². The Morgan fingerprint density at radius 1 is 0.479 bits per heavy atom. The number of hydrazine groups is 3. The second kappa shape index (κ2) is 16.0. The lowest BCUT2D eigenvalue weighted by Gasteiger charge is -2.16. The molecule has 0 spiro atoms. The number of hydrogen-bond acceptors (Lipinski definition) is 9. The average molecular weight is 643 g/mol. The molecule has 0 bridgehead atoms. The van der Waals surface area contributed by atoms with Gasteiger partial charge in [0.1, 0.15) is 37.1 Å². The minimum absolute atomic E-state index is 0.0914. The van der Waals surface area contributed by atoms with Crippen molar-refractivity contribution in [2.45, 2.75) is 0 Å². The fourth-order valence-corrected chi connectivity index (χ4v) is 4.75. The largest absolute Gasteiger partial charge is 0.480 e. The van der Waals surface area contributed by atoms with Crippen LogP contribution in [0.15, 0.2) is 72.8 Å². The van der Waals surface area contributed by atoms with Gasteiger partial charge in [0, 0.05) is 0 Å². The summed E-state index contributed by atoms with van der Waals surface area (Å²) in [5, 5.41) is 0. The van der Waals surface area contributed by atoms with Gasteiger partial charge in [0.2, 0.25) is 0 Å². The minimum atomic E-state index is -0.565. The summed E-state index contributed by atoms with van der Waals surface area (Å²) in [6.07, 6.45) is 16.2. The highest BCUT2D eigenvalue weighted by Gasteiger charge is 2.18. The molecule has 0 heterocycles. The molecule has 0 aliphatic heterocycles. The van der Waals surface area contributed by atoms with Gasteiger partial charge < -0.3 is 14.2 Å². The number of carbonyl (C=O) groups is 3. The van der Waals surface area contributed by atoms with Gasteiger partial charge in [0.15, 0.2) is 0 Å². The van der Waals surface area contributed by atoms with E-state index in [-0.39, 0.29) is 53.8 Å². The second-order valence-corrected chi connectivity index (χ2v) is 9.83. The third kappa shape index (κ3) is 7.72. The highest BCUT2D eigenvalue weighted by atomic mass is 16.5. The maximum atomic E-state index is 12.4. The predicted molar refractivity (Wildman–Crippen MR) is 181 cm³/mol. The van der Waals surface area contributed by atoms with E-state index in [9.17, 15) is 14.4 Å². The Kier molecular flexibility index (Phi) is 11.4. The number of nitrogens with one attached hydrogen (secondary N) is 3. The fraction of sp³-hybridized carbons (Fsp3) is 0.0833. The van der Waals surface area contributed by atoms with Crippen molar-refractivity contribution in [1.29, 1.82) is 0 Å². The molecule has 0 saturated carbocycles. The third-order valence-corrected chi connectivity index (χ3v) is 6.94. The van der Waals surface area contributed by atoms with Crippen molar-refractivity contribution in [3.63, 3.8) is 0 Å². The molecule has 9 N–H and O–H groups in total. The third-order valence-electron chi connectivity index (χ3n) is 6.94. The van der Waals surface area contributed by atoms with Gasteiger partial charge in [-0.15, -0.1) is 19.3 Å². The highest BCUT2D eigenvalue weighted by Crippen LogP contribution is 2.38. The molecule has 12 heteroatoms. The summed E-state index contributed by atoms with van der Waals surface area (Å²) in [5.41, 5.74) is 10.9. The molecule has 4 aromatic carbocycles. The van der Waals surface area contributed by atoms with E-state index in [0.717, 1.165) is 0 Å². The van der Waals surface area contributed by atoms with Crippen molar-refractivity contribution in [2.24, 2.45) is 17.5 Å². The molecular formula is C36H30N6O6. The predicted octanol–water partition coefficient (Wildman–Crippen LogP) is 2.53. The molecule has 0 fully saturated rings. The number of nitrogen functional groups attached to an aromatic ring is 3. The lowest BCUT2D eigenvalue weighted by Crippen LogP contribution is -2.30. The van der Waals surface area contributed by atoms with Crippen molar-refractivity contribution in [3.8, 4) is 87.7 Å². The number of hydrogen-bond donors (Lipinski definition) is 6. The Morgan fingerprint density at radius 3 is 0.979 bits per heavy atom. The first-order chi connectivity index (χ1) is 23.3. The van der Waals surface area contributed by atoms with E-state index in [4.69, 9.17) is 51.0 Å². The lowest BCUT2D eigenvalue weighted by molar-refractivity contribution is 0.0942. The Morgan fingerprint density at radius 2 is 0.750 bits per heavy atom. The first-order valence-electron chi connectivity index (χ1n) is 14.1. The van der Waals surface area contributed by atoms with Gasteiger partial charge in [0.25, 0.3) is 17.7 Å². The summed E-state index contributed by atoms with van der Waals surface area (Å²) in [7, 11) is 0. The summed E-state index contributed by atoms with van der Waals surface area (Å²) in [6.45, 7) is -0.274. The van der Waals surface area contributed by atoms with Gasteiger partial charge in [-0.05, 0) is 88.0 Å². The van der Waals surface area contributed by atoms with Crippen LogP contribution in [0.1, 0.15) is 31.1 Å². The fourth-order valence-electron chi connectivity index (χ4n) is 4.75. The van der Waals surface area contributed by atoms with Crippen LogP contribution in [0.5, 0.6) is 17.2 Å². The molecule has 12 nitrogen and oxygen atoms in total. The standard InChI is InChI=1S/C36H30N6O6/c1-4-13-46-31-19-22(7-10-28(31)34(43)40-37)25-16-26(23-8-11-29(35(44)41-38)32(20-23)47-14-5-2)18-27(17-25)24-9-12-30(36(45)42-39)33(21-24)48-15-6-3/h1-3,7-12,16-21H,13-15,37-39H2,(H,40,43)(H,41,44)(H,42,45). The van der Waals surface area contributed by atoms with Gasteiger partial charge in [0.05, 0.1) is 16.7 Å². The van der Waals surface area contributed by atoms with E-state index in [2.05, 4.69) is 34.0 Å². The van der Waals surface area contributed by atoms with Gasteiger partial charge in [-0.3, -0.25) is 30.7 Å².